The lowest BCUT2D eigenvalue weighted by Crippen LogP contribution is -2.03. The third-order valence-electron chi connectivity index (χ3n) is 4.39. The molecule has 0 bridgehead atoms. The molecule has 0 N–H and O–H groups in total. The Balaban J connectivity index is 1.82. The van der Waals surface area contributed by atoms with E-state index in [1.165, 1.54) is 6.07 Å². The Hall–Kier alpha value is -2.13. The van der Waals surface area contributed by atoms with Crippen LogP contribution >= 0.6 is 11.6 Å². The van der Waals surface area contributed by atoms with Crippen LogP contribution in [0.5, 0.6) is 0 Å². The van der Waals surface area contributed by atoms with Crippen molar-refractivity contribution >= 4 is 28.3 Å². The van der Waals surface area contributed by atoms with Crippen molar-refractivity contribution in [1.82, 2.24) is 4.57 Å². The summed E-state index contributed by atoms with van der Waals surface area (Å²) in [5, 5.41) is 1.33. The van der Waals surface area contributed by atoms with E-state index in [0.717, 1.165) is 29.3 Å². The third-order valence-corrected chi connectivity index (χ3v) is 4.75. The van der Waals surface area contributed by atoms with E-state index in [1.807, 2.05) is 35.0 Å². The Labute approximate surface area is 138 Å². The number of hydrogen-bond donors (Lipinski definition) is 0. The molecular formula is C19H15ClFNO. The minimum absolute atomic E-state index is 0.159. The number of carbonyl (C=O) groups excluding carboxylic acids is 1. The molecule has 0 amide bonds. The van der Waals surface area contributed by atoms with E-state index in [4.69, 9.17) is 11.6 Å². The molecule has 0 saturated heterocycles. The van der Waals surface area contributed by atoms with Crippen LogP contribution in [0.3, 0.4) is 0 Å². The number of aromatic nitrogens is 1. The second kappa shape index (κ2) is 5.50. The van der Waals surface area contributed by atoms with Crippen molar-refractivity contribution in [3.05, 3.63) is 70.6 Å². The third kappa shape index (κ3) is 2.55. The monoisotopic (exact) mass is 327 g/mol. The van der Waals surface area contributed by atoms with Gasteiger partial charge in [-0.15, -0.1) is 0 Å². The zero-order chi connectivity index (χ0) is 16.0. The Morgan fingerprint density at radius 1 is 1.17 bits per heavy atom. The zero-order valence-corrected chi connectivity index (χ0v) is 13.2. The van der Waals surface area contributed by atoms with E-state index < -0.39 is 0 Å². The van der Waals surface area contributed by atoms with Crippen LogP contribution in [0.25, 0.3) is 10.9 Å². The van der Waals surface area contributed by atoms with Gasteiger partial charge in [-0.05, 0) is 31.0 Å². The molecule has 4 heteroatoms. The Morgan fingerprint density at radius 2 is 1.96 bits per heavy atom. The first kappa shape index (κ1) is 14.5. The van der Waals surface area contributed by atoms with Crippen LogP contribution in [-0.4, -0.2) is 10.4 Å². The molecule has 23 heavy (non-hydrogen) atoms. The molecule has 2 nitrogen and oxygen atoms in total. The molecule has 2 aromatic carbocycles. The molecule has 1 saturated carbocycles. The molecule has 0 aliphatic heterocycles. The summed E-state index contributed by atoms with van der Waals surface area (Å²) in [5.74, 6) is 0.0243. The molecule has 1 aliphatic carbocycles. The number of halogens is 2. The topological polar surface area (TPSA) is 22.0 Å². The minimum atomic E-state index is -0.328. The highest BCUT2D eigenvalue weighted by Crippen LogP contribution is 2.35. The lowest BCUT2D eigenvalue weighted by Gasteiger charge is -2.08. The van der Waals surface area contributed by atoms with Crippen molar-refractivity contribution in [3.63, 3.8) is 0 Å². The summed E-state index contributed by atoms with van der Waals surface area (Å²) in [6.07, 6.45) is 3.78. The van der Waals surface area contributed by atoms with Gasteiger partial charge < -0.3 is 4.57 Å². The number of fused-ring (bicyclic) bond motifs is 1. The second-order valence-corrected chi connectivity index (χ2v) is 6.43. The summed E-state index contributed by atoms with van der Waals surface area (Å²) in [4.78, 5) is 12.5. The average Bonchev–Trinajstić information content (AvgIpc) is 3.33. The summed E-state index contributed by atoms with van der Waals surface area (Å²) in [5.41, 5.74) is 2.10. The van der Waals surface area contributed by atoms with Gasteiger partial charge in [0.1, 0.15) is 5.82 Å². The molecule has 4 rings (SSSR count). The molecule has 1 aliphatic rings. The number of rotatable bonds is 4. The number of nitrogens with zero attached hydrogens (tertiary/aromatic N) is 1. The fourth-order valence-electron chi connectivity index (χ4n) is 2.99. The number of Topliss-reactive ketones (excluding diaryl/α,β-unsaturated/α-hetero) is 1. The van der Waals surface area contributed by atoms with Crippen LogP contribution in [0.2, 0.25) is 5.02 Å². The van der Waals surface area contributed by atoms with Gasteiger partial charge in [-0.1, -0.05) is 35.9 Å². The highest BCUT2D eigenvalue weighted by Gasteiger charge is 2.32. The van der Waals surface area contributed by atoms with Crippen molar-refractivity contribution in [2.45, 2.75) is 19.4 Å². The van der Waals surface area contributed by atoms with Crippen LogP contribution < -0.4 is 0 Å². The highest BCUT2D eigenvalue weighted by atomic mass is 35.5. The van der Waals surface area contributed by atoms with E-state index in [9.17, 15) is 9.18 Å². The first-order valence-corrected chi connectivity index (χ1v) is 8.08. The normalized spacial score (nSPS) is 14.3. The maximum Gasteiger partial charge on any atom is 0.168 e. The largest absolute Gasteiger partial charge is 0.342 e. The van der Waals surface area contributed by atoms with Crippen LogP contribution in [0, 0.1) is 11.7 Å². The van der Waals surface area contributed by atoms with Gasteiger partial charge in [0.25, 0.3) is 0 Å². The van der Waals surface area contributed by atoms with Gasteiger partial charge in [-0.25, -0.2) is 4.39 Å². The molecule has 3 aromatic rings. The number of carbonyl (C=O) groups is 1. The van der Waals surface area contributed by atoms with Gasteiger partial charge in [-0.3, -0.25) is 4.79 Å². The molecule has 0 spiro atoms. The summed E-state index contributed by atoms with van der Waals surface area (Å²) in [6.45, 7) is 0.309. The smallest absolute Gasteiger partial charge is 0.168 e. The van der Waals surface area contributed by atoms with Gasteiger partial charge in [0.15, 0.2) is 5.78 Å². The molecule has 0 atom stereocenters. The Morgan fingerprint density at radius 3 is 2.70 bits per heavy atom. The summed E-state index contributed by atoms with van der Waals surface area (Å²) in [7, 11) is 0. The van der Waals surface area contributed by atoms with E-state index in [2.05, 4.69) is 0 Å². The number of hydrogen-bond acceptors (Lipinski definition) is 1. The standard InChI is InChI=1S/C19H15ClFNO/c20-16-5-3-6-17(21)15(16)11-22-10-14(19(23)12-8-9-12)13-4-1-2-7-18(13)22/h1-7,10,12H,8-9,11H2. The quantitative estimate of drug-likeness (QED) is 0.613. The first-order valence-electron chi connectivity index (χ1n) is 7.70. The first-order chi connectivity index (χ1) is 11.1. The Kier molecular flexibility index (Phi) is 3.46. The van der Waals surface area contributed by atoms with Crippen molar-refractivity contribution < 1.29 is 9.18 Å². The van der Waals surface area contributed by atoms with Gasteiger partial charge >= 0.3 is 0 Å². The molecule has 1 fully saturated rings. The van der Waals surface area contributed by atoms with Gasteiger partial charge in [-0.2, -0.15) is 0 Å². The van der Waals surface area contributed by atoms with Gasteiger partial charge in [0.2, 0.25) is 0 Å². The molecule has 0 unspecified atom stereocenters. The minimum Gasteiger partial charge on any atom is -0.342 e. The molecular weight excluding hydrogens is 313 g/mol. The van der Waals surface area contributed by atoms with E-state index in [0.29, 0.717) is 17.1 Å². The maximum absolute atomic E-state index is 14.1. The predicted octanol–water partition coefficient (Wildman–Crippen LogP) is 5.07. The van der Waals surface area contributed by atoms with Crippen LogP contribution in [0.1, 0.15) is 28.8 Å². The summed E-state index contributed by atoms with van der Waals surface area (Å²) >= 11 is 6.14. The molecule has 1 aromatic heterocycles. The van der Waals surface area contributed by atoms with Crippen molar-refractivity contribution in [2.24, 2.45) is 5.92 Å². The SMILES string of the molecule is O=C(c1cn(Cc2c(F)cccc2Cl)c2ccccc12)C1CC1. The van der Waals surface area contributed by atoms with Crippen molar-refractivity contribution in [3.8, 4) is 0 Å². The van der Waals surface area contributed by atoms with Crippen molar-refractivity contribution in [1.29, 1.82) is 0 Å². The molecule has 0 radical (unpaired) electrons. The summed E-state index contributed by atoms with van der Waals surface area (Å²) in [6, 6.07) is 12.4. The van der Waals surface area contributed by atoms with Gasteiger partial charge in [0, 0.05) is 39.2 Å². The number of benzene rings is 2. The number of ketones is 1. The van der Waals surface area contributed by atoms with Crippen LogP contribution in [-0.2, 0) is 6.54 Å². The maximum atomic E-state index is 14.1. The fourth-order valence-corrected chi connectivity index (χ4v) is 3.22. The average molecular weight is 328 g/mol. The zero-order valence-electron chi connectivity index (χ0n) is 12.4. The van der Waals surface area contributed by atoms with E-state index >= 15 is 0 Å². The summed E-state index contributed by atoms with van der Waals surface area (Å²) < 4.78 is 16.0. The second-order valence-electron chi connectivity index (χ2n) is 6.03. The molecule has 116 valence electrons. The highest BCUT2D eigenvalue weighted by molar-refractivity contribution is 6.31. The molecule has 1 heterocycles. The lowest BCUT2D eigenvalue weighted by atomic mass is 10.1. The van der Waals surface area contributed by atoms with Gasteiger partial charge in [0.05, 0.1) is 6.54 Å². The van der Waals surface area contributed by atoms with Crippen LogP contribution in [0.15, 0.2) is 48.7 Å². The number of para-hydroxylation sites is 1. The van der Waals surface area contributed by atoms with Crippen molar-refractivity contribution in [2.75, 3.05) is 0 Å². The fraction of sp³-hybridized carbons (Fsp3) is 0.211. The van der Waals surface area contributed by atoms with E-state index in [1.54, 1.807) is 12.1 Å². The van der Waals surface area contributed by atoms with Crippen LogP contribution in [0.4, 0.5) is 4.39 Å². The van der Waals surface area contributed by atoms with E-state index in [-0.39, 0.29) is 17.5 Å². The lowest BCUT2D eigenvalue weighted by molar-refractivity contribution is 0.0969. The Bertz CT molecular complexity index is 891. The predicted molar refractivity (Wildman–Crippen MR) is 89.5 cm³/mol.